The predicted octanol–water partition coefficient (Wildman–Crippen LogP) is 4.84. The molecule has 46 heavy (non-hydrogen) atoms. The van der Waals surface area contributed by atoms with Gasteiger partial charge in [-0.05, 0) is 56.0 Å². The molecule has 0 spiro atoms. The molecule has 2 aromatic carbocycles. The summed E-state index contributed by atoms with van der Waals surface area (Å²) in [6.45, 7) is 4.95. The number of likely N-dealkylation sites (tertiary alicyclic amines) is 2. The highest BCUT2D eigenvalue weighted by molar-refractivity contribution is 6.03. The van der Waals surface area contributed by atoms with Crippen LogP contribution in [-0.2, 0) is 4.79 Å². The lowest BCUT2D eigenvalue weighted by Crippen LogP contribution is -2.41. The Morgan fingerprint density at radius 2 is 2.09 bits per heavy atom. The number of likely N-dealkylation sites (N-methyl/N-ethyl adjacent to an activating group) is 2. The van der Waals surface area contributed by atoms with Gasteiger partial charge >= 0.3 is 6.01 Å². The molecule has 6 rings (SSSR count). The number of anilines is 1. The second kappa shape index (κ2) is 12.5. The van der Waals surface area contributed by atoms with E-state index in [1.807, 2.05) is 4.90 Å². The van der Waals surface area contributed by atoms with Gasteiger partial charge in [0.05, 0.1) is 10.9 Å². The molecule has 1 amide bonds. The predicted molar refractivity (Wildman–Crippen MR) is 169 cm³/mol. The molecule has 3 atom stereocenters. The maximum absolute atomic E-state index is 16.7. The number of fused-ring (bicyclic) bond motifs is 2. The third-order valence-electron chi connectivity index (χ3n) is 8.82. The number of amides is 1. The lowest BCUT2D eigenvalue weighted by Gasteiger charge is -2.29. The number of nitrogens with zero attached hydrogens (tertiary/aromatic N) is 6. The van der Waals surface area contributed by atoms with Crippen LogP contribution in [0.1, 0.15) is 24.8 Å². The van der Waals surface area contributed by atoms with Gasteiger partial charge in [0.2, 0.25) is 5.91 Å². The number of rotatable bonds is 8. The third-order valence-corrected chi connectivity index (χ3v) is 8.82. The Bertz CT molecular complexity index is 1900. The van der Waals surface area contributed by atoms with E-state index in [1.165, 1.54) is 36.5 Å². The first-order valence-corrected chi connectivity index (χ1v) is 15.0. The van der Waals surface area contributed by atoms with Crippen LogP contribution in [0.15, 0.2) is 43.1 Å². The summed E-state index contributed by atoms with van der Waals surface area (Å²) in [5.41, 5.74) is -0.337. The summed E-state index contributed by atoms with van der Waals surface area (Å²) in [5, 5.41) is 11.4. The zero-order valence-corrected chi connectivity index (χ0v) is 25.5. The van der Waals surface area contributed by atoms with E-state index >= 15 is 4.39 Å². The Morgan fingerprint density at radius 3 is 2.80 bits per heavy atom. The summed E-state index contributed by atoms with van der Waals surface area (Å²) in [6, 6.07) is 4.84. The van der Waals surface area contributed by atoms with E-state index in [1.54, 1.807) is 23.9 Å². The molecule has 238 valence electrons. The molecular formula is C34H33F3N6O3. The van der Waals surface area contributed by atoms with E-state index < -0.39 is 17.8 Å². The molecule has 2 aromatic heterocycles. The Kier molecular flexibility index (Phi) is 8.44. The van der Waals surface area contributed by atoms with Gasteiger partial charge in [0.1, 0.15) is 41.4 Å². The van der Waals surface area contributed by atoms with Gasteiger partial charge in [-0.15, -0.1) is 6.42 Å². The van der Waals surface area contributed by atoms with Gasteiger partial charge in [-0.1, -0.05) is 18.6 Å². The first kappa shape index (κ1) is 31.1. The molecule has 2 aliphatic heterocycles. The van der Waals surface area contributed by atoms with Gasteiger partial charge in [0, 0.05) is 55.9 Å². The fourth-order valence-corrected chi connectivity index (χ4v) is 6.53. The zero-order chi connectivity index (χ0) is 32.7. The number of terminal acetylenes is 1. The lowest BCUT2D eigenvalue weighted by atomic mass is 9.96. The average molecular weight is 631 g/mol. The third kappa shape index (κ3) is 5.67. The number of alkyl halides is 1. The van der Waals surface area contributed by atoms with Gasteiger partial charge < -0.3 is 19.6 Å². The highest BCUT2D eigenvalue weighted by atomic mass is 19.1. The summed E-state index contributed by atoms with van der Waals surface area (Å²) >= 11 is 0. The van der Waals surface area contributed by atoms with Crippen LogP contribution >= 0.6 is 0 Å². The number of carbonyl (C=O) groups is 1. The molecule has 9 nitrogen and oxygen atoms in total. The minimum absolute atomic E-state index is 0.0807. The number of hydrogen-bond donors (Lipinski definition) is 1. The standard InChI is InChI=1S/C34H33F3N6O3/c1-5-24-27(36)10-9-19-12-23(44)14-25(29(19)24)31-30(37)32-26(15-38-31)33(42(4)17-21-8-7-11-43(21)28(45)6-2)40-34(39-32)46-18-22-13-20(35)16-41(22)3/h1,6,9-10,12,14-15,20-22,44H,2,7-8,11,13,16-18H2,3-4H3/t20-,21+,22+/m1/s1. The zero-order valence-electron chi connectivity index (χ0n) is 25.5. The van der Waals surface area contributed by atoms with Crippen LogP contribution < -0.4 is 9.64 Å². The summed E-state index contributed by atoms with van der Waals surface area (Å²) < 4.78 is 51.4. The largest absolute Gasteiger partial charge is 0.508 e. The number of benzene rings is 2. The van der Waals surface area contributed by atoms with Crippen LogP contribution in [0.3, 0.4) is 0 Å². The van der Waals surface area contributed by atoms with E-state index in [0.29, 0.717) is 24.3 Å². The minimum Gasteiger partial charge on any atom is -0.508 e. The number of phenolic OH excluding ortho intramolecular Hbond substituents is 1. The quantitative estimate of drug-likeness (QED) is 0.218. The minimum atomic E-state index is -0.980. The fourth-order valence-electron chi connectivity index (χ4n) is 6.53. The fraction of sp³-hybridized carbons (Fsp3) is 0.353. The number of hydrogen-bond acceptors (Lipinski definition) is 8. The number of ether oxygens (including phenoxy) is 1. The summed E-state index contributed by atoms with van der Waals surface area (Å²) in [7, 11) is 3.58. The number of aromatic hydroxyl groups is 1. The van der Waals surface area contributed by atoms with Gasteiger partial charge in [-0.25, -0.2) is 13.2 Å². The number of halogens is 3. The van der Waals surface area contributed by atoms with Crippen molar-refractivity contribution in [3.63, 3.8) is 0 Å². The van der Waals surface area contributed by atoms with Crippen molar-refractivity contribution in [2.24, 2.45) is 0 Å². The van der Waals surface area contributed by atoms with Crippen LogP contribution in [0.5, 0.6) is 11.8 Å². The van der Waals surface area contributed by atoms with Gasteiger partial charge in [-0.2, -0.15) is 9.97 Å². The Balaban J connectivity index is 1.47. The smallest absolute Gasteiger partial charge is 0.319 e. The van der Waals surface area contributed by atoms with Gasteiger partial charge in [0.25, 0.3) is 0 Å². The van der Waals surface area contributed by atoms with E-state index in [4.69, 9.17) is 11.2 Å². The normalized spacial score (nSPS) is 19.9. The molecule has 0 radical (unpaired) electrons. The van der Waals surface area contributed by atoms with Crippen LogP contribution in [0, 0.1) is 24.0 Å². The summed E-state index contributed by atoms with van der Waals surface area (Å²) in [6.07, 6.45) is 9.25. The van der Waals surface area contributed by atoms with Crippen molar-refractivity contribution in [2.45, 2.75) is 37.5 Å². The number of phenols is 1. The summed E-state index contributed by atoms with van der Waals surface area (Å²) in [5.74, 6) is 0.763. The molecule has 4 aromatic rings. The Hall–Kier alpha value is -4.89. The Morgan fingerprint density at radius 1 is 1.28 bits per heavy atom. The number of pyridine rings is 1. The first-order valence-electron chi connectivity index (χ1n) is 15.0. The molecule has 4 heterocycles. The van der Waals surface area contributed by atoms with Crippen LogP contribution in [-0.4, -0.2) is 94.4 Å². The SMILES string of the molecule is C#Cc1c(F)ccc2cc(O)cc(-c3ncc4c(N(C)C[C@@H]5CCCN5C(=O)C=C)nc(OC[C@@H]5C[C@@H](F)CN5C)nc4c3F)c12. The summed E-state index contributed by atoms with van der Waals surface area (Å²) in [4.78, 5) is 31.3. The van der Waals surface area contributed by atoms with Crippen LogP contribution in [0.25, 0.3) is 32.9 Å². The molecule has 2 fully saturated rings. The molecule has 2 aliphatic rings. The number of aromatic nitrogens is 3. The monoisotopic (exact) mass is 630 g/mol. The maximum Gasteiger partial charge on any atom is 0.319 e. The first-order chi connectivity index (χ1) is 22.1. The van der Waals surface area contributed by atoms with Crippen molar-refractivity contribution < 1.29 is 27.8 Å². The second-order valence-electron chi connectivity index (χ2n) is 11.8. The van der Waals surface area contributed by atoms with Crippen molar-refractivity contribution in [1.29, 1.82) is 0 Å². The molecule has 1 N–H and O–H groups in total. The van der Waals surface area contributed by atoms with E-state index in [0.717, 1.165) is 12.8 Å². The van der Waals surface area contributed by atoms with Crippen LogP contribution in [0.4, 0.5) is 19.0 Å². The molecule has 0 saturated carbocycles. The molecular weight excluding hydrogens is 597 g/mol. The molecule has 0 aliphatic carbocycles. The topological polar surface area (TPSA) is 94.9 Å². The van der Waals surface area contributed by atoms with Crippen molar-refractivity contribution in [1.82, 2.24) is 24.8 Å². The van der Waals surface area contributed by atoms with E-state index in [2.05, 4.69) is 27.5 Å². The second-order valence-corrected chi connectivity index (χ2v) is 11.8. The molecule has 2 saturated heterocycles. The molecule has 12 heteroatoms. The number of carbonyl (C=O) groups excluding carboxylic acids is 1. The molecule has 0 bridgehead atoms. The van der Waals surface area contributed by atoms with Crippen molar-refractivity contribution >= 4 is 33.4 Å². The van der Waals surface area contributed by atoms with E-state index in [-0.39, 0.29) is 82.4 Å². The average Bonchev–Trinajstić information content (AvgIpc) is 3.63. The van der Waals surface area contributed by atoms with Gasteiger partial charge in [0.15, 0.2) is 5.82 Å². The highest BCUT2D eigenvalue weighted by Gasteiger charge is 2.32. The molecule has 0 unspecified atom stereocenters. The van der Waals surface area contributed by atoms with Crippen molar-refractivity contribution in [2.75, 3.05) is 45.2 Å². The van der Waals surface area contributed by atoms with Crippen LogP contribution in [0.2, 0.25) is 0 Å². The maximum atomic E-state index is 16.7. The van der Waals surface area contributed by atoms with E-state index in [9.17, 15) is 18.7 Å². The van der Waals surface area contributed by atoms with Crippen molar-refractivity contribution in [3.8, 4) is 35.4 Å². The Labute approximate surface area is 264 Å². The highest BCUT2D eigenvalue weighted by Crippen LogP contribution is 2.39. The lowest BCUT2D eigenvalue weighted by molar-refractivity contribution is -0.126. The van der Waals surface area contributed by atoms with Gasteiger partial charge in [-0.3, -0.25) is 14.7 Å². The van der Waals surface area contributed by atoms with Crippen molar-refractivity contribution in [3.05, 3.63) is 60.3 Å².